The third-order valence-electron chi connectivity index (χ3n) is 5.47. The van der Waals surface area contributed by atoms with Gasteiger partial charge in [0.1, 0.15) is 5.69 Å². The van der Waals surface area contributed by atoms with Gasteiger partial charge in [-0.05, 0) is 18.2 Å². The van der Waals surface area contributed by atoms with Crippen molar-refractivity contribution in [2.45, 2.75) is 0 Å². The van der Waals surface area contributed by atoms with Gasteiger partial charge in [-0.1, -0.05) is 96.2 Å². The highest BCUT2D eigenvalue weighted by Crippen LogP contribution is 2.31. The summed E-state index contributed by atoms with van der Waals surface area (Å²) in [5, 5.41) is 5.27. The highest BCUT2D eigenvalue weighted by molar-refractivity contribution is 5.92. The molecule has 0 aliphatic rings. The van der Waals surface area contributed by atoms with Gasteiger partial charge in [-0.15, -0.1) is 0 Å². The van der Waals surface area contributed by atoms with Crippen molar-refractivity contribution in [1.29, 1.82) is 0 Å². The number of hydrogen-bond acceptors (Lipinski definition) is 5. The first-order chi connectivity index (χ1) is 16.3. The van der Waals surface area contributed by atoms with Crippen molar-refractivity contribution in [3.8, 4) is 45.4 Å². The molecule has 0 saturated heterocycles. The highest BCUT2D eigenvalue weighted by Gasteiger charge is 2.14. The maximum atomic E-state index is 5.51. The van der Waals surface area contributed by atoms with Gasteiger partial charge in [0.15, 0.2) is 23.1 Å². The monoisotopic (exact) mass is 426 g/mol. The molecule has 0 spiro atoms. The SMILES string of the molecule is c1ccc(-c2nc(-c3ccccc3)nc(-c3cccc(-c4noc5ccccc45)c3)n2)cc1. The van der Waals surface area contributed by atoms with E-state index in [0.29, 0.717) is 17.5 Å². The normalized spacial score (nSPS) is 11.0. The van der Waals surface area contributed by atoms with Crippen LogP contribution in [0.3, 0.4) is 0 Å². The van der Waals surface area contributed by atoms with Crippen LogP contribution in [0.2, 0.25) is 0 Å². The molecule has 0 aliphatic heterocycles. The molecule has 2 aromatic heterocycles. The Bertz CT molecular complexity index is 1500. The smallest absolute Gasteiger partial charge is 0.167 e. The Balaban J connectivity index is 1.51. The zero-order valence-corrected chi connectivity index (χ0v) is 17.6. The van der Waals surface area contributed by atoms with E-state index in [2.05, 4.69) is 5.16 Å². The molecule has 156 valence electrons. The predicted octanol–water partition coefficient (Wildman–Crippen LogP) is 6.68. The highest BCUT2D eigenvalue weighted by atomic mass is 16.5. The number of nitrogens with zero attached hydrogens (tertiary/aromatic N) is 4. The van der Waals surface area contributed by atoms with Crippen LogP contribution in [-0.2, 0) is 0 Å². The quantitative estimate of drug-likeness (QED) is 0.314. The fraction of sp³-hybridized carbons (Fsp3) is 0. The number of rotatable bonds is 4. The first kappa shape index (κ1) is 19.1. The van der Waals surface area contributed by atoms with Gasteiger partial charge in [-0.25, -0.2) is 15.0 Å². The van der Waals surface area contributed by atoms with Gasteiger partial charge in [0.2, 0.25) is 0 Å². The van der Waals surface area contributed by atoms with E-state index in [4.69, 9.17) is 19.5 Å². The second-order valence-corrected chi connectivity index (χ2v) is 7.65. The Labute approximate surface area is 190 Å². The maximum Gasteiger partial charge on any atom is 0.167 e. The minimum absolute atomic E-state index is 0.609. The van der Waals surface area contributed by atoms with E-state index < -0.39 is 0 Å². The molecule has 0 aliphatic carbocycles. The lowest BCUT2D eigenvalue weighted by molar-refractivity contribution is 0.459. The standard InChI is InChI=1S/C28H18N4O/c1-3-10-19(11-4-1)26-29-27(20-12-5-2-6-13-20)31-28(30-26)22-15-9-14-21(18-22)25-23-16-7-8-17-24(23)33-32-25/h1-18H. The molecule has 0 saturated carbocycles. The van der Waals surface area contributed by atoms with E-state index in [-0.39, 0.29) is 0 Å². The number of fused-ring (bicyclic) bond motifs is 1. The van der Waals surface area contributed by atoms with Crippen molar-refractivity contribution in [2.75, 3.05) is 0 Å². The lowest BCUT2D eigenvalue weighted by atomic mass is 10.0. The summed E-state index contributed by atoms with van der Waals surface area (Å²) in [6.07, 6.45) is 0. The van der Waals surface area contributed by atoms with Gasteiger partial charge in [0.05, 0.1) is 0 Å². The van der Waals surface area contributed by atoms with Crippen LogP contribution in [-0.4, -0.2) is 20.1 Å². The van der Waals surface area contributed by atoms with Crippen molar-refractivity contribution in [3.05, 3.63) is 109 Å². The lowest BCUT2D eigenvalue weighted by Crippen LogP contribution is -2.00. The third-order valence-corrected chi connectivity index (χ3v) is 5.47. The van der Waals surface area contributed by atoms with Crippen LogP contribution in [0.25, 0.3) is 56.4 Å². The number of para-hydroxylation sites is 1. The second kappa shape index (κ2) is 8.13. The Morgan fingerprint density at radius 3 is 1.64 bits per heavy atom. The molecule has 0 unspecified atom stereocenters. The Kier molecular flexibility index (Phi) is 4.70. The average Bonchev–Trinajstić information content (AvgIpc) is 3.34. The summed E-state index contributed by atoms with van der Waals surface area (Å²) in [6.45, 7) is 0. The molecule has 0 atom stereocenters. The van der Waals surface area contributed by atoms with E-state index >= 15 is 0 Å². The summed E-state index contributed by atoms with van der Waals surface area (Å²) in [5.74, 6) is 1.88. The van der Waals surface area contributed by atoms with Gasteiger partial charge in [0.25, 0.3) is 0 Å². The van der Waals surface area contributed by atoms with Gasteiger partial charge in [-0.2, -0.15) is 0 Å². The summed E-state index contributed by atoms with van der Waals surface area (Å²) >= 11 is 0. The predicted molar refractivity (Wildman–Crippen MR) is 129 cm³/mol. The molecule has 0 bridgehead atoms. The summed E-state index contributed by atoms with van der Waals surface area (Å²) in [4.78, 5) is 14.4. The summed E-state index contributed by atoms with van der Waals surface area (Å²) < 4.78 is 5.51. The van der Waals surface area contributed by atoms with Gasteiger partial charge < -0.3 is 4.52 Å². The summed E-state index contributed by atoms with van der Waals surface area (Å²) in [6, 6.07) is 35.8. The zero-order valence-electron chi connectivity index (χ0n) is 17.6. The maximum absolute atomic E-state index is 5.51. The van der Waals surface area contributed by atoms with Crippen molar-refractivity contribution in [2.24, 2.45) is 0 Å². The minimum atomic E-state index is 0.609. The molecule has 6 rings (SSSR count). The lowest BCUT2D eigenvalue weighted by Gasteiger charge is -2.09. The van der Waals surface area contributed by atoms with Crippen LogP contribution < -0.4 is 0 Å². The fourth-order valence-corrected chi connectivity index (χ4v) is 3.84. The van der Waals surface area contributed by atoms with E-state index in [1.165, 1.54) is 0 Å². The van der Waals surface area contributed by atoms with Crippen LogP contribution in [0.1, 0.15) is 0 Å². The zero-order chi connectivity index (χ0) is 22.0. The topological polar surface area (TPSA) is 64.7 Å². The van der Waals surface area contributed by atoms with Crippen LogP contribution >= 0.6 is 0 Å². The largest absolute Gasteiger partial charge is 0.356 e. The molecule has 0 amide bonds. The minimum Gasteiger partial charge on any atom is -0.356 e. The molecule has 6 aromatic rings. The molecular formula is C28H18N4O. The average molecular weight is 426 g/mol. The molecule has 33 heavy (non-hydrogen) atoms. The van der Waals surface area contributed by atoms with Crippen LogP contribution in [0.15, 0.2) is 114 Å². The van der Waals surface area contributed by atoms with Crippen LogP contribution in [0, 0.1) is 0 Å². The number of hydrogen-bond donors (Lipinski definition) is 0. The molecule has 4 aromatic carbocycles. The van der Waals surface area contributed by atoms with Gasteiger partial charge in [0, 0.05) is 27.6 Å². The third kappa shape index (κ3) is 3.66. The molecular weight excluding hydrogens is 408 g/mol. The van der Waals surface area contributed by atoms with E-state index in [1.54, 1.807) is 0 Å². The molecule has 2 heterocycles. The summed E-state index contributed by atoms with van der Waals surface area (Å²) in [5.41, 5.74) is 5.27. The van der Waals surface area contributed by atoms with E-state index in [0.717, 1.165) is 38.9 Å². The van der Waals surface area contributed by atoms with Crippen LogP contribution in [0.4, 0.5) is 0 Å². The number of benzene rings is 4. The fourth-order valence-electron chi connectivity index (χ4n) is 3.84. The van der Waals surface area contributed by atoms with Crippen LogP contribution in [0.5, 0.6) is 0 Å². The first-order valence-electron chi connectivity index (χ1n) is 10.7. The van der Waals surface area contributed by atoms with Gasteiger partial charge in [-0.3, -0.25) is 0 Å². The Hall–Kier alpha value is -4.64. The number of aromatic nitrogens is 4. The first-order valence-corrected chi connectivity index (χ1v) is 10.7. The van der Waals surface area contributed by atoms with E-state index in [9.17, 15) is 0 Å². The van der Waals surface area contributed by atoms with Crippen molar-refractivity contribution < 1.29 is 4.52 Å². The summed E-state index contributed by atoms with van der Waals surface area (Å²) in [7, 11) is 0. The van der Waals surface area contributed by atoms with Crippen molar-refractivity contribution in [3.63, 3.8) is 0 Å². The molecule has 0 N–H and O–H groups in total. The Morgan fingerprint density at radius 2 is 0.970 bits per heavy atom. The molecule has 5 heteroatoms. The van der Waals surface area contributed by atoms with Crippen molar-refractivity contribution in [1.82, 2.24) is 20.1 Å². The Morgan fingerprint density at radius 1 is 0.455 bits per heavy atom. The molecule has 5 nitrogen and oxygen atoms in total. The van der Waals surface area contributed by atoms with Crippen molar-refractivity contribution >= 4 is 11.0 Å². The van der Waals surface area contributed by atoms with Gasteiger partial charge >= 0.3 is 0 Å². The molecule has 0 radical (unpaired) electrons. The molecule has 0 fully saturated rings. The second-order valence-electron chi connectivity index (χ2n) is 7.65. The van der Waals surface area contributed by atoms with E-state index in [1.807, 2.05) is 109 Å².